The van der Waals surface area contributed by atoms with E-state index in [4.69, 9.17) is 4.84 Å². The summed E-state index contributed by atoms with van der Waals surface area (Å²) >= 11 is 0. The molecule has 1 aliphatic heterocycles. The lowest BCUT2D eigenvalue weighted by Gasteiger charge is -1.98. The largest absolute Gasteiger partial charge is 0.377 e. The van der Waals surface area contributed by atoms with Gasteiger partial charge in [0, 0.05) is 11.4 Å². The van der Waals surface area contributed by atoms with Gasteiger partial charge in [0.05, 0.1) is 5.69 Å². The zero-order valence-electron chi connectivity index (χ0n) is 12.3. The Labute approximate surface area is 128 Å². The summed E-state index contributed by atoms with van der Waals surface area (Å²) in [5, 5.41) is 3.83. The normalized spacial score (nSPS) is 13.5. The predicted molar refractivity (Wildman–Crippen MR) is 85.6 cm³/mol. The van der Waals surface area contributed by atoms with E-state index in [2.05, 4.69) is 16.0 Å². The molecule has 0 saturated heterocycles. The summed E-state index contributed by atoms with van der Waals surface area (Å²) < 4.78 is 0. The highest BCUT2D eigenvalue weighted by Gasteiger charge is 2.27. The van der Waals surface area contributed by atoms with Gasteiger partial charge >= 0.3 is 5.97 Å². The van der Waals surface area contributed by atoms with Crippen LogP contribution >= 0.6 is 0 Å². The fraction of sp³-hybridized carbons (Fsp3) is 0.111. The fourth-order valence-corrected chi connectivity index (χ4v) is 2.02. The van der Waals surface area contributed by atoms with Gasteiger partial charge in [-0.25, -0.2) is 9.79 Å². The van der Waals surface area contributed by atoms with E-state index in [0.29, 0.717) is 5.71 Å². The number of carbonyl (C=O) groups excluding carboxylic acids is 1. The maximum atomic E-state index is 11.8. The van der Waals surface area contributed by atoms with Crippen LogP contribution in [0.3, 0.4) is 0 Å². The summed E-state index contributed by atoms with van der Waals surface area (Å²) in [6, 6.07) is 15.3. The molecule has 1 heterocycles. The van der Waals surface area contributed by atoms with Crippen molar-refractivity contribution in [3.8, 4) is 0 Å². The van der Waals surface area contributed by atoms with E-state index in [-0.39, 0.29) is 5.57 Å². The summed E-state index contributed by atoms with van der Waals surface area (Å²) in [4.78, 5) is 20.8. The van der Waals surface area contributed by atoms with Crippen molar-refractivity contribution in [2.24, 2.45) is 10.1 Å². The van der Waals surface area contributed by atoms with E-state index in [0.717, 1.165) is 22.4 Å². The fourth-order valence-electron chi connectivity index (χ4n) is 2.02. The minimum absolute atomic E-state index is 0.240. The minimum atomic E-state index is -0.536. The number of hydrogen-bond donors (Lipinski definition) is 0. The SMILES string of the molecule is Cc1ccc(N=C=C2C(=O)ON=C2c2ccc(C)cc2)cc1. The number of aliphatic imine (C=N–C) groups is 1. The molecule has 3 rings (SSSR count). The number of nitrogens with zero attached hydrogens (tertiary/aromatic N) is 2. The van der Waals surface area contributed by atoms with E-state index >= 15 is 0 Å². The van der Waals surface area contributed by atoms with Crippen LogP contribution in [-0.2, 0) is 9.63 Å². The molecule has 0 N–H and O–H groups in total. The molecular weight excluding hydrogens is 276 g/mol. The predicted octanol–water partition coefficient (Wildman–Crippen LogP) is 3.49. The van der Waals surface area contributed by atoms with E-state index in [1.807, 2.05) is 62.4 Å². The zero-order chi connectivity index (χ0) is 15.5. The van der Waals surface area contributed by atoms with Crippen molar-refractivity contribution < 1.29 is 9.63 Å². The minimum Gasteiger partial charge on any atom is -0.311 e. The van der Waals surface area contributed by atoms with Crippen molar-refractivity contribution in [3.05, 3.63) is 70.8 Å². The molecule has 22 heavy (non-hydrogen) atoms. The van der Waals surface area contributed by atoms with Crippen LogP contribution in [0.25, 0.3) is 0 Å². The molecule has 1 aliphatic rings. The van der Waals surface area contributed by atoms with Gasteiger partial charge in [-0.3, -0.25) is 0 Å². The summed E-state index contributed by atoms with van der Waals surface area (Å²) in [5.41, 5.74) is 4.51. The van der Waals surface area contributed by atoms with Crippen LogP contribution in [0, 0.1) is 13.8 Å². The molecule has 0 fully saturated rings. The Hall–Kier alpha value is -2.97. The molecule has 0 aromatic heterocycles. The van der Waals surface area contributed by atoms with Crippen molar-refractivity contribution in [2.75, 3.05) is 0 Å². The molecule has 0 aliphatic carbocycles. The molecule has 0 bridgehead atoms. The van der Waals surface area contributed by atoms with Crippen LogP contribution in [0.2, 0.25) is 0 Å². The standard InChI is InChI=1S/C18H14N2O2/c1-12-3-7-14(8-4-12)17-16(18(21)22-20-17)11-19-15-9-5-13(2)6-10-15/h3-10H,1-2H3. The van der Waals surface area contributed by atoms with Gasteiger partial charge in [0.25, 0.3) is 0 Å². The molecule has 2 aromatic carbocycles. The maximum absolute atomic E-state index is 11.8. The zero-order valence-corrected chi connectivity index (χ0v) is 12.3. The highest BCUT2D eigenvalue weighted by Crippen LogP contribution is 2.17. The number of hydrogen-bond acceptors (Lipinski definition) is 4. The summed E-state index contributed by atoms with van der Waals surface area (Å²) in [5.74, 6) is 2.23. The third kappa shape index (κ3) is 2.87. The highest BCUT2D eigenvalue weighted by atomic mass is 16.7. The van der Waals surface area contributed by atoms with E-state index < -0.39 is 5.97 Å². The van der Waals surface area contributed by atoms with Crippen LogP contribution in [0.4, 0.5) is 5.69 Å². The first-order valence-corrected chi connectivity index (χ1v) is 6.90. The Morgan fingerprint density at radius 1 is 0.955 bits per heavy atom. The number of benzene rings is 2. The van der Waals surface area contributed by atoms with Crippen LogP contribution in [0.5, 0.6) is 0 Å². The Kier molecular flexibility index (Phi) is 3.69. The van der Waals surface area contributed by atoms with Crippen molar-refractivity contribution in [3.63, 3.8) is 0 Å². The van der Waals surface area contributed by atoms with E-state index in [1.165, 1.54) is 0 Å². The van der Waals surface area contributed by atoms with Gasteiger partial charge < -0.3 is 4.84 Å². The average Bonchev–Trinajstić information content (AvgIpc) is 2.89. The lowest BCUT2D eigenvalue weighted by molar-refractivity contribution is -0.136. The molecule has 4 nitrogen and oxygen atoms in total. The lowest BCUT2D eigenvalue weighted by Crippen LogP contribution is -2.07. The Morgan fingerprint density at radius 3 is 2.18 bits per heavy atom. The van der Waals surface area contributed by atoms with Gasteiger partial charge in [0.2, 0.25) is 0 Å². The molecule has 0 spiro atoms. The van der Waals surface area contributed by atoms with Gasteiger partial charge in [0.1, 0.15) is 5.71 Å². The molecule has 0 radical (unpaired) electrons. The van der Waals surface area contributed by atoms with E-state index in [1.54, 1.807) is 0 Å². The molecular formula is C18H14N2O2. The van der Waals surface area contributed by atoms with Gasteiger partial charge in [-0.15, -0.1) is 0 Å². The third-order valence-electron chi connectivity index (χ3n) is 3.32. The van der Waals surface area contributed by atoms with Crippen LogP contribution in [-0.4, -0.2) is 17.6 Å². The molecule has 0 atom stereocenters. The smallest absolute Gasteiger partial charge is 0.311 e. The molecule has 0 saturated carbocycles. The number of aryl methyl sites for hydroxylation is 2. The number of rotatable bonds is 2. The lowest BCUT2D eigenvalue weighted by atomic mass is 10.0. The van der Waals surface area contributed by atoms with Crippen LogP contribution in [0.1, 0.15) is 16.7 Å². The first-order chi connectivity index (χ1) is 10.6. The number of carbonyl (C=O) groups is 1. The maximum Gasteiger partial charge on any atom is 0.377 e. The van der Waals surface area contributed by atoms with Gasteiger partial charge in [-0.05, 0) is 26.0 Å². The van der Waals surface area contributed by atoms with Crippen molar-refractivity contribution in [1.29, 1.82) is 0 Å². The number of oxime groups is 1. The second kappa shape index (κ2) is 5.80. The molecule has 4 heteroatoms. The second-order valence-corrected chi connectivity index (χ2v) is 5.12. The molecule has 108 valence electrons. The first-order valence-electron chi connectivity index (χ1n) is 6.90. The van der Waals surface area contributed by atoms with Crippen molar-refractivity contribution >= 4 is 23.2 Å². The van der Waals surface area contributed by atoms with E-state index in [9.17, 15) is 4.79 Å². The second-order valence-electron chi connectivity index (χ2n) is 5.12. The van der Waals surface area contributed by atoms with Crippen molar-refractivity contribution in [2.45, 2.75) is 13.8 Å². The molecule has 2 aromatic rings. The monoisotopic (exact) mass is 290 g/mol. The van der Waals surface area contributed by atoms with Gasteiger partial charge in [-0.2, -0.15) is 0 Å². The van der Waals surface area contributed by atoms with Gasteiger partial charge in [0.15, 0.2) is 5.57 Å². The Balaban J connectivity index is 1.98. The summed E-state index contributed by atoms with van der Waals surface area (Å²) in [6.45, 7) is 4.00. The Morgan fingerprint density at radius 2 is 1.55 bits per heavy atom. The van der Waals surface area contributed by atoms with Gasteiger partial charge in [-0.1, -0.05) is 52.7 Å². The molecule has 0 unspecified atom stereocenters. The summed E-state index contributed by atoms with van der Waals surface area (Å²) in [7, 11) is 0. The summed E-state index contributed by atoms with van der Waals surface area (Å²) in [6.07, 6.45) is 0. The van der Waals surface area contributed by atoms with Crippen LogP contribution < -0.4 is 0 Å². The first kappa shape index (κ1) is 14.0. The molecule has 0 amide bonds. The van der Waals surface area contributed by atoms with Crippen LogP contribution in [0.15, 0.2) is 64.3 Å². The average molecular weight is 290 g/mol. The Bertz CT molecular complexity index is 809. The third-order valence-corrected chi connectivity index (χ3v) is 3.32. The highest BCUT2D eigenvalue weighted by molar-refractivity contribution is 6.33. The van der Waals surface area contributed by atoms with Crippen molar-refractivity contribution in [1.82, 2.24) is 0 Å². The topological polar surface area (TPSA) is 51.0 Å². The quantitative estimate of drug-likeness (QED) is 0.483.